The van der Waals surface area contributed by atoms with Gasteiger partial charge in [-0.25, -0.2) is 4.39 Å². The van der Waals surface area contributed by atoms with Crippen molar-refractivity contribution >= 4 is 11.3 Å². The molecule has 2 heterocycles. The number of nitrogens with zero attached hydrogens (tertiary/aromatic N) is 1. The van der Waals surface area contributed by atoms with E-state index in [0.717, 1.165) is 51.3 Å². The molecule has 2 aromatic heterocycles. The third kappa shape index (κ3) is 5.57. The van der Waals surface area contributed by atoms with E-state index in [0.29, 0.717) is 6.42 Å². The second-order valence-corrected chi connectivity index (χ2v) is 8.90. The zero-order valence-electron chi connectivity index (χ0n) is 18.6. The first-order valence-electron chi connectivity index (χ1n) is 11.2. The van der Waals surface area contributed by atoms with Crippen LogP contribution in [0.5, 0.6) is 0 Å². The lowest BCUT2D eigenvalue weighted by Crippen LogP contribution is -2.02. The van der Waals surface area contributed by atoms with E-state index in [1.165, 1.54) is 17.7 Å². The van der Waals surface area contributed by atoms with Gasteiger partial charge in [0.05, 0.1) is 11.0 Å². The van der Waals surface area contributed by atoms with Crippen LogP contribution in [0.4, 0.5) is 4.39 Å². The third-order valence-electron chi connectivity index (χ3n) is 5.48. The summed E-state index contributed by atoms with van der Waals surface area (Å²) >= 11 is 1.56. The molecule has 0 aliphatic carbocycles. The summed E-state index contributed by atoms with van der Waals surface area (Å²) in [7, 11) is 0. The van der Waals surface area contributed by atoms with Crippen LogP contribution in [0.25, 0.3) is 21.6 Å². The smallest absolute Gasteiger partial charge is 0.123 e. The SMILES string of the molecule is CCCC#Cc1sc(-c2ccc(F)cc2)c(-c2ccncc2)c1C(O)CCc1ccccc1. The van der Waals surface area contributed by atoms with Gasteiger partial charge in [0.1, 0.15) is 5.82 Å². The predicted molar refractivity (Wildman–Crippen MR) is 134 cm³/mol. The van der Waals surface area contributed by atoms with E-state index < -0.39 is 6.10 Å². The lowest BCUT2D eigenvalue weighted by atomic mass is 9.92. The Balaban J connectivity index is 1.84. The molecule has 2 nitrogen and oxygen atoms in total. The van der Waals surface area contributed by atoms with Crippen LogP contribution in [0, 0.1) is 17.7 Å². The van der Waals surface area contributed by atoms with Crippen molar-refractivity contribution in [3.05, 3.63) is 101 Å². The second-order valence-electron chi connectivity index (χ2n) is 7.88. The van der Waals surface area contributed by atoms with Crippen LogP contribution in [0.3, 0.4) is 0 Å². The Morgan fingerprint density at radius 3 is 2.39 bits per heavy atom. The summed E-state index contributed by atoms with van der Waals surface area (Å²) in [5.41, 5.74) is 4.88. The first-order valence-corrected chi connectivity index (χ1v) is 12.0. The number of unbranched alkanes of at least 4 members (excludes halogenated alkanes) is 1. The lowest BCUT2D eigenvalue weighted by Gasteiger charge is -2.15. The van der Waals surface area contributed by atoms with E-state index in [-0.39, 0.29) is 5.82 Å². The molecule has 33 heavy (non-hydrogen) atoms. The van der Waals surface area contributed by atoms with Crippen molar-refractivity contribution in [2.45, 2.75) is 38.7 Å². The molecule has 1 unspecified atom stereocenters. The molecule has 4 aromatic rings. The Labute approximate surface area is 198 Å². The molecule has 0 aliphatic heterocycles. The van der Waals surface area contributed by atoms with Crippen LogP contribution in [-0.2, 0) is 6.42 Å². The number of aromatic nitrogens is 1. The number of aryl methyl sites for hydroxylation is 1. The molecule has 4 heteroatoms. The van der Waals surface area contributed by atoms with Crippen molar-refractivity contribution in [1.82, 2.24) is 4.98 Å². The number of rotatable bonds is 7. The molecule has 0 radical (unpaired) electrons. The van der Waals surface area contributed by atoms with E-state index in [1.807, 2.05) is 30.3 Å². The van der Waals surface area contributed by atoms with Gasteiger partial charge >= 0.3 is 0 Å². The lowest BCUT2D eigenvalue weighted by molar-refractivity contribution is 0.168. The molecule has 1 N–H and O–H groups in total. The summed E-state index contributed by atoms with van der Waals surface area (Å²) < 4.78 is 13.6. The first kappa shape index (κ1) is 22.9. The van der Waals surface area contributed by atoms with Crippen LogP contribution in [0.1, 0.15) is 48.3 Å². The van der Waals surface area contributed by atoms with Gasteiger partial charge in [-0.3, -0.25) is 4.98 Å². The highest BCUT2D eigenvalue weighted by Gasteiger charge is 2.25. The Hall–Kier alpha value is -3.26. The topological polar surface area (TPSA) is 33.1 Å². The minimum absolute atomic E-state index is 0.271. The number of aliphatic hydroxyl groups is 1. The molecule has 1 atom stereocenters. The van der Waals surface area contributed by atoms with Gasteiger partial charge < -0.3 is 5.11 Å². The molecule has 0 saturated heterocycles. The maximum Gasteiger partial charge on any atom is 0.123 e. The molecule has 0 fully saturated rings. The highest BCUT2D eigenvalue weighted by atomic mass is 32.1. The zero-order valence-corrected chi connectivity index (χ0v) is 19.4. The second kappa shape index (κ2) is 11.0. The van der Waals surface area contributed by atoms with Gasteiger partial charge in [-0.05, 0) is 60.2 Å². The molecule has 0 aliphatic rings. The molecular weight excluding hydrogens is 429 g/mol. The minimum Gasteiger partial charge on any atom is -0.388 e. The monoisotopic (exact) mass is 455 g/mol. The molecule has 2 aromatic carbocycles. The number of benzene rings is 2. The Morgan fingerprint density at radius 1 is 0.970 bits per heavy atom. The fourth-order valence-electron chi connectivity index (χ4n) is 3.82. The number of pyridine rings is 1. The third-order valence-corrected chi connectivity index (χ3v) is 6.65. The van der Waals surface area contributed by atoms with E-state index in [9.17, 15) is 9.50 Å². The standard InChI is InChI=1S/C29H26FNOS/c1-2-3-5-10-26-28(25(32)16-11-21-8-6-4-7-9-21)27(22-17-19-31-20-18-22)29(33-26)23-12-14-24(30)15-13-23/h4,6-9,12-15,17-20,25,32H,2-3,11,16H2,1H3. The maximum atomic E-state index is 13.6. The molecular formula is C29H26FNOS. The average molecular weight is 456 g/mol. The molecule has 4 rings (SSSR count). The maximum absolute atomic E-state index is 13.6. The van der Waals surface area contributed by atoms with Gasteiger partial charge in [-0.1, -0.05) is 61.2 Å². The van der Waals surface area contributed by atoms with Crippen LogP contribution < -0.4 is 0 Å². The van der Waals surface area contributed by atoms with Gasteiger partial charge in [-0.15, -0.1) is 11.3 Å². The molecule has 0 saturated carbocycles. The van der Waals surface area contributed by atoms with E-state index >= 15 is 0 Å². The number of thiophene rings is 1. The Morgan fingerprint density at radius 2 is 1.70 bits per heavy atom. The van der Waals surface area contributed by atoms with E-state index in [2.05, 4.69) is 35.9 Å². The number of halogens is 1. The molecule has 166 valence electrons. The quantitative estimate of drug-likeness (QED) is 0.294. The summed E-state index contributed by atoms with van der Waals surface area (Å²) in [5.74, 6) is 6.30. The molecule has 0 spiro atoms. The fourth-order valence-corrected chi connectivity index (χ4v) is 5.08. The van der Waals surface area contributed by atoms with Crippen molar-refractivity contribution in [1.29, 1.82) is 0 Å². The van der Waals surface area contributed by atoms with Gasteiger partial charge in [-0.2, -0.15) is 0 Å². The Bertz CT molecular complexity index is 1240. The predicted octanol–water partition coefficient (Wildman–Crippen LogP) is 7.43. The summed E-state index contributed by atoms with van der Waals surface area (Å²) in [6.07, 6.45) is 5.96. The highest BCUT2D eigenvalue weighted by Crippen LogP contribution is 2.46. The summed E-state index contributed by atoms with van der Waals surface area (Å²) in [6, 6.07) is 20.6. The minimum atomic E-state index is -0.676. The van der Waals surface area contributed by atoms with E-state index in [1.54, 1.807) is 35.9 Å². The van der Waals surface area contributed by atoms with E-state index in [4.69, 9.17) is 0 Å². The van der Waals surface area contributed by atoms with Crippen molar-refractivity contribution in [3.8, 4) is 33.4 Å². The number of aliphatic hydroxyl groups excluding tert-OH is 1. The largest absolute Gasteiger partial charge is 0.388 e. The Kier molecular flexibility index (Phi) is 7.67. The first-order chi connectivity index (χ1) is 16.2. The highest BCUT2D eigenvalue weighted by molar-refractivity contribution is 7.17. The average Bonchev–Trinajstić information content (AvgIpc) is 3.24. The van der Waals surface area contributed by atoms with Crippen LogP contribution in [0.15, 0.2) is 79.1 Å². The fraction of sp³-hybridized carbons (Fsp3) is 0.207. The number of hydrogen-bond acceptors (Lipinski definition) is 3. The van der Waals surface area contributed by atoms with Crippen LogP contribution in [-0.4, -0.2) is 10.1 Å². The van der Waals surface area contributed by atoms with Crippen molar-refractivity contribution in [2.75, 3.05) is 0 Å². The number of hydrogen-bond donors (Lipinski definition) is 1. The van der Waals surface area contributed by atoms with Crippen molar-refractivity contribution in [2.24, 2.45) is 0 Å². The van der Waals surface area contributed by atoms with Gasteiger partial charge in [0, 0.05) is 34.8 Å². The van der Waals surface area contributed by atoms with Crippen LogP contribution >= 0.6 is 11.3 Å². The normalized spacial score (nSPS) is 11.6. The van der Waals surface area contributed by atoms with Gasteiger partial charge in [0.15, 0.2) is 0 Å². The van der Waals surface area contributed by atoms with Crippen LogP contribution in [0.2, 0.25) is 0 Å². The molecule has 0 amide bonds. The van der Waals surface area contributed by atoms with Crippen molar-refractivity contribution in [3.63, 3.8) is 0 Å². The summed E-state index contributed by atoms with van der Waals surface area (Å²) in [6.45, 7) is 2.10. The summed E-state index contributed by atoms with van der Waals surface area (Å²) in [4.78, 5) is 6.02. The molecule has 0 bridgehead atoms. The van der Waals surface area contributed by atoms with Crippen molar-refractivity contribution < 1.29 is 9.50 Å². The van der Waals surface area contributed by atoms with Gasteiger partial charge in [0.2, 0.25) is 0 Å². The van der Waals surface area contributed by atoms with Gasteiger partial charge in [0.25, 0.3) is 0 Å². The zero-order chi connectivity index (χ0) is 23.0. The summed E-state index contributed by atoms with van der Waals surface area (Å²) in [5, 5.41) is 11.4.